The number of rotatable bonds is 1. The van der Waals surface area contributed by atoms with Crippen LogP contribution in [0.4, 0.5) is 0 Å². The zero-order valence-corrected chi connectivity index (χ0v) is 10.0. The highest BCUT2D eigenvalue weighted by atomic mass is 35.5. The quantitative estimate of drug-likeness (QED) is 0.742. The van der Waals surface area contributed by atoms with Gasteiger partial charge in [0.05, 0.1) is 0 Å². The first-order chi connectivity index (χ1) is 6.60. The molecule has 3 nitrogen and oxygen atoms in total. The third-order valence-electron chi connectivity index (χ3n) is 3.03. The lowest BCUT2D eigenvalue weighted by molar-refractivity contribution is 0.194. The Hall–Kier alpha value is -0.190. The standard InChI is InChI=1S/C9H14ClN3S/c1-9(3-5-13(2)6-4-9)7-11-8(10)14-12-7/h3-6H2,1-2H3. The molecule has 0 saturated carbocycles. The molecule has 0 aliphatic carbocycles. The monoisotopic (exact) mass is 231 g/mol. The van der Waals surface area contributed by atoms with Crippen LogP contribution < -0.4 is 0 Å². The molecule has 78 valence electrons. The summed E-state index contributed by atoms with van der Waals surface area (Å²) in [4.78, 5) is 6.63. The van der Waals surface area contributed by atoms with Gasteiger partial charge in [-0.25, -0.2) is 4.98 Å². The predicted octanol–water partition coefficient (Wildman–Crippen LogP) is 2.17. The van der Waals surface area contributed by atoms with Crippen LogP contribution in [0.25, 0.3) is 0 Å². The Morgan fingerprint density at radius 3 is 2.57 bits per heavy atom. The maximum absolute atomic E-state index is 5.80. The largest absolute Gasteiger partial charge is 0.306 e. The minimum absolute atomic E-state index is 0.135. The molecule has 0 atom stereocenters. The lowest BCUT2D eigenvalue weighted by atomic mass is 9.80. The maximum Gasteiger partial charge on any atom is 0.203 e. The lowest BCUT2D eigenvalue weighted by Gasteiger charge is -2.35. The zero-order chi connectivity index (χ0) is 10.2. The van der Waals surface area contributed by atoms with Gasteiger partial charge < -0.3 is 4.90 Å². The Morgan fingerprint density at radius 1 is 1.43 bits per heavy atom. The highest BCUT2D eigenvalue weighted by Gasteiger charge is 2.34. The second-order valence-corrected chi connectivity index (χ2v) is 5.57. The van der Waals surface area contributed by atoms with Crippen LogP contribution in [0.3, 0.4) is 0 Å². The molecule has 14 heavy (non-hydrogen) atoms. The fourth-order valence-corrected chi connectivity index (χ4v) is 2.52. The number of piperidine rings is 1. The molecule has 1 aliphatic heterocycles. The normalized spacial score (nSPS) is 22.5. The van der Waals surface area contributed by atoms with E-state index in [0.29, 0.717) is 4.47 Å². The molecule has 0 spiro atoms. The molecular weight excluding hydrogens is 218 g/mol. The summed E-state index contributed by atoms with van der Waals surface area (Å²) in [6, 6.07) is 0. The summed E-state index contributed by atoms with van der Waals surface area (Å²) in [5.41, 5.74) is 0.135. The molecule has 1 aliphatic rings. The van der Waals surface area contributed by atoms with Crippen molar-refractivity contribution < 1.29 is 0 Å². The minimum atomic E-state index is 0.135. The Bertz CT molecular complexity index is 318. The van der Waals surface area contributed by atoms with E-state index in [4.69, 9.17) is 11.6 Å². The van der Waals surface area contributed by atoms with Gasteiger partial charge >= 0.3 is 0 Å². The highest BCUT2D eigenvalue weighted by Crippen LogP contribution is 2.33. The average molecular weight is 232 g/mol. The van der Waals surface area contributed by atoms with Crippen LogP contribution in [0.2, 0.25) is 4.47 Å². The van der Waals surface area contributed by atoms with Crippen molar-refractivity contribution in [2.24, 2.45) is 0 Å². The molecule has 2 rings (SSSR count). The van der Waals surface area contributed by atoms with E-state index in [1.807, 2.05) is 0 Å². The van der Waals surface area contributed by atoms with Crippen LogP contribution in [-0.2, 0) is 5.41 Å². The van der Waals surface area contributed by atoms with Gasteiger partial charge in [0, 0.05) is 5.41 Å². The number of hydrogen-bond acceptors (Lipinski definition) is 4. The van der Waals surface area contributed by atoms with Gasteiger partial charge in [-0.15, -0.1) is 0 Å². The van der Waals surface area contributed by atoms with E-state index in [1.54, 1.807) is 0 Å². The zero-order valence-electron chi connectivity index (χ0n) is 8.46. The van der Waals surface area contributed by atoms with E-state index in [1.165, 1.54) is 11.5 Å². The van der Waals surface area contributed by atoms with Crippen molar-refractivity contribution in [2.45, 2.75) is 25.2 Å². The molecule has 0 amide bonds. The van der Waals surface area contributed by atoms with Crippen molar-refractivity contribution in [3.8, 4) is 0 Å². The Kier molecular flexibility index (Phi) is 2.77. The number of likely N-dealkylation sites (tertiary alicyclic amines) is 1. The summed E-state index contributed by atoms with van der Waals surface area (Å²) in [7, 11) is 2.15. The van der Waals surface area contributed by atoms with E-state index >= 15 is 0 Å². The first-order valence-corrected chi connectivity index (χ1v) is 5.93. The SMILES string of the molecule is CN1CCC(C)(c2nsc(Cl)n2)CC1. The Balaban J connectivity index is 2.16. The summed E-state index contributed by atoms with van der Waals surface area (Å²) in [6.45, 7) is 4.47. The topological polar surface area (TPSA) is 29.0 Å². The van der Waals surface area contributed by atoms with E-state index in [0.717, 1.165) is 31.8 Å². The van der Waals surface area contributed by atoms with Gasteiger partial charge in [-0.2, -0.15) is 4.37 Å². The molecule has 0 aromatic carbocycles. The van der Waals surface area contributed by atoms with E-state index in [2.05, 4.69) is 28.2 Å². The molecule has 1 aromatic heterocycles. The van der Waals surface area contributed by atoms with Crippen LogP contribution in [0.15, 0.2) is 0 Å². The van der Waals surface area contributed by atoms with Crippen LogP contribution in [0.5, 0.6) is 0 Å². The first kappa shape index (κ1) is 10.3. The van der Waals surface area contributed by atoms with E-state index < -0.39 is 0 Å². The molecule has 0 radical (unpaired) electrons. The third-order valence-corrected chi connectivity index (χ3v) is 3.83. The van der Waals surface area contributed by atoms with Gasteiger partial charge in [-0.3, -0.25) is 0 Å². The number of aromatic nitrogens is 2. The van der Waals surface area contributed by atoms with Gasteiger partial charge in [-0.1, -0.05) is 6.92 Å². The van der Waals surface area contributed by atoms with E-state index in [-0.39, 0.29) is 5.41 Å². The fourth-order valence-electron chi connectivity index (χ4n) is 1.79. The molecule has 2 heterocycles. The Morgan fingerprint density at radius 2 is 2.07 bits per heavy atom. The summed E-state index contributed by atoms with van der Waals surface area (Å²) < 4.78 is 4.87. The van der Waals surface area contributed by atoms with Gasteiger partial charge in [-0.05, 0) is 56.1 Å². The summed E-state index contributed by atoms with van der Waals surface area (Å²) in [6.07, 6.45) is 2.24. The average Bonchev–Trinajstić information content (AvgIpc) is 2.58. The molecule has 0 unspecified atom stereocenters. The molecule has 0 bridgehead atoms. The second-order valence-electron chi connectivity index (χ2n) is 4.23. The van der Waals surface area contributed by atoms with Crippen LogP contribution in [-0.4, -0.2) is 34.4 Å². The molecule has 0 N–H and O–H groups in total. The third kappa shape index (κ3) is 1.92. The molecular formula is C9H14ClN3S. The van der Waals surface area contributed by atoms with Crippen molar-refractivity contribution in [3.05, 3.63) is 10.3 Å². The highest BCUT2D eigenvalue weighted by molar-refractivity contribution is 7.10. The van der Waals surface area contributed by atoms with Crippen molar-refractivity contribution in [3.63, 3.8) is 0 Å². The lowest BCUT2D eigenvalue weighted by Crippen LogP contribution is -2.39. The Labute approximate surface area is 93.3 Å². The summed E-state index contributed by atoms with van der Waals surface area (Å²) >= 11 is 7.09. The number of halogens is 1. The van der Waals surface area contributed by atoms with Gasteiger partial charge in [0.1, 0.15) is 5.82 Å². The van der Waals surface area contributed by atoms with Crippen molar-refractivity contribution >= 4 is 23.1 Å². The van der Waals surface area contributed by atoms with Gasteiger partial charge in [0.25, 0.3) is 0 Å². The maximum atomic E-state index is 5.80. The number of nitrogens with zero attached hydrogens (tertiary/aromatic N) is 3. The summed E-state index contributed by atoms with van der Waals surface area (Å²) in [5, 5.41) is 0. The molecule has 1 saturated heterocycles. The van der Waals surface area contributed by atoms with Crippen molar-refractivity contribution in [1.82, 2.24) is 14.3 Å². The smallest absolute Gasteiger partial charge is 0.203 e. The minimum Gasteiger partial charge on any atom is -0.306 e. The molecule has 1 aromatic rings. The molecule has 1 fully saturated rings. The second kappa shape index (κ2) is 3.76. The number of hydrogen-bond donors (Lipinski definition) is 0. The van der Waals surface area contributed by atoms with E-state index in [9.17, 15) is 0 Å². The fraction of sp³-hybridized carbons (Fsp3) is 0.778. The van der Waals surface area contributed by atoms with Gasteiger partial charge in [0.2, 0.25) is 4.47 Å². The first-order valence-electron chi connectivity index (χ1n) is 4.78. The van der Waals surface area contributed by atoms with Crippen LogP contribution in [0, 0.1) is 0 Å². The summed E-state index contributed by atoms with van der Waals surface area (Å²) in [5.74, 6) is 0.931. The molecule has 5 heteroatoms. The van der Waals surface area contributed by atoms with Crippen LogP contribution >= 0.6 is 23.1 Å². The predicted molar refractivity (Wildman–Crippen MR) is 59.0 cm³/mol. The van der Waals surface area contributed by atoms with Crippen LogP contribution in [0.1, 0.15) is 25.6 Å². The van der Waals surface area contributed by atoms with Crippen molar-refractivity contribution in [1.29, 1.82) is 0 Å². The van der Waals surface area contributed by atoms with Crippen molar-refractivity contribution in [2.75, 3.05) is 20.1 Å². The van der Waals surface area contributed by atoms with Gasteiger partial charge in [0.15, 0.2) is 0 Å².